The van der Waals surface area contributed by atoms with Crippen molar-refractivity contribution in [2.75, 3.05) is 51.9 Å². The Hall–Kier alpha value is -5.27. The minimum atomic E-state index is -4.50. The first-order valence-electron chi connectivity index (χ1n) is 18.8. The molecule has 5 rings (SSSR count). The predicted octanol–water partition coefficient (Wildman–Crippen LogP) is 3.23. The number of esters is 1. The Morgan fingerprint density at radius 3 is 2.43 bits per heavy atom. The second-order valence-corrected chi connectivity index (χ2v) is 16.7. The zero-order chi connectivity index (χ0) is 42.3. The van der Waals surface area contributed by atoms with Crippen LogP contribution < -0.4 is 15.4 Å². The Morgan fingerprint density at radius 1 is 1.00 bits per heavy atom. The van der Waals surface area contributed by atoms with Crippen LogP contribution in [0.3, 0.4) is 0 Å². The van der Waals surface area contributed by atoms with Gasteiger partial charge in [0, 0.05) is 44.2 Å². The van der Waals surface area contributed by atoms with Crippen LogP contribution in [0.1, 0.15) is 51.2 Å². The van der Waals surface area contributed by atoms with E-state index in [-0.39, 0.29) is 69.4 Å². The standard InChI is InChI=1S/C39H50FN5O12S/c1-6-26-20-39(26,35(48)43-58(51,52)32-14-8-7-13-30(32)41-15-18-54-16-10-17-55-24-33(46)53-5)42-34(47)31-19-27(22-45(31)37(50)57-38(2,3)4)56-36(49)44-21-25-11-9-12-29(40)28(25)23-44/h6-9,11-14,26-27,31,41H,1,10,15-24H2,2-5H3,(H,42,47)(H,43,48)/t26-,27-,31+,39-/m1/s1. The molecule has 0 aromatic heterocycles. The summed E-state index contributed by atoms with van der Waals surface area (Å²) in [5.74, 6) is -3.38. The highest BCUT2D eigenvalue weighted by atomic mass is 32.2. The van der Waals surface area contributed by atoms with Crippen LogP contribution in [0.25, 0.3) is 0 Å². The van der Waals surface area contributed by atoms with Crippen LogP contribution in [0.15, 0.2) is 60.0 Å². The summed E-state index contributed by atoms with van der Waals surface area (Å²) in [6.45, 7) is 9.46. The lowest BCUT2D eigenvalue weighted by Gasteiger charge is -2.29. The minimum absolute atomic E-state index is 0.0102. The van der Waals surface area contributed by atoms with Crippen molar-refractivity contribution in [3.05, 3.63) is 72.1 Å². The van der Waals surface area contributed by atoms with Gasteiger partial charge in [-0.2, -0.15) is 0 Å². The molecule has 2 aliphatic heterocycles. The number of carbonyl (C=O) groups excluding carboxylic acids is 5. The number of hydrogen-bond acceptors (Lipinski definition) is 13. The van der Waals surface area contributed by atoms with Crippen molar-refractivity contribution >= 4 is 45.7 Å². The van der Waals surface area contributed by atoms with Crippen LogP contribution >= 0.6 is 0 Å². The Labute approximate surface area is 336 Å². The molecule has 58 heavy (non-hydrogen) atoms. The molecule has 4 amide bonds. The fraction of sp³-hybridized carbons (Fsp3) is 0.513. The molecule has 1 aliphatic carbocycles. The number of halogens is 1. The number of para-hydroxylation sites is 1. The molecule has 2 aromatic rings. The van der Waals surface area contributed by atoms with Crippen molar-refractivity contribution < 1.29 is 60.5 Å². The van der Waals surface area contributed by atoms with E-state index in [0.717, 1.165) is 4.90 Å². The van der Waals surface area contributed by atoms with Crippen molar-refractivity contribution in [2.45, 2.75) is 81.3 Å². The lowest BCUT2D eigenvalue weighted by Crippen LogP contribution is -2.56. The van der Waals surface area contributed by atoms with E-state index in [1.165, 1.54) is 42.4 Å². The van der Waals surface area contributed by atoms with E-state index in [2.05, 4.69) is 26.7 Å². The molecule has 0 unspecified atom stereocenters. The molecular weight excluding hydrogens is 782 g/mol. The summed E-state index contributed by atoms with van der Waals surface area (Å²) >= 11 is 0. The van der Waals surface area contributed by atoms with Gasteiger partial charge in [0.2, 0.25) is 5.91 Å². The number of hydrogen-bond donors (Lipinski definition) is 3. The largest absolute Gasteiger partial charge is 0.467 e. The molecule has 1 saturated carbocycles. The van der Waals surface area contributed by atoms with Gasteiger partial charge in [0.05, 0.1) is 32.5 Å². The van der Waals surface area contributed by atoms with Crippen LogP contribution in [0, 0.1) is 11.7 Å². The second kappa shape index (κ2) is 18.5. The van der Waals surface area contributed by atoms with E-state index >= 15 is 0 Å². The first-order chi connectivity index (χ1) is 27.5. The summed E-state index contributed by atoms with van der Waals surface area (Å²) in [6, 6.07) is 9.25. The van der Waals surface area contributed by atoms with Crippen molar-refractivity contribution in [3.63, 3.8) is 0 Å². The molecule has 3 N–H and O–H groups in total. The van der Waals surface area contributed by atoms with E-state index in [1.807, 2.05) is 0 Å². The third-order valence-corrected chi connectivity index (χ3v) is 11.1. The highest BCUT2D eigenvalue weighted by molar-refractivity contribution is 7.90. The summed E-state index contributed by atoms with van der Waals surface area (Å²) in [6.07, 6.45) is -0.783. The quantitative estimate of drug-likeness (QED) is 0.0907. The monoisotopic (exact) mass is 831 g/mol. The van der Waals surface area contributed by atoms with Gasteiger partial charge < -0.3 is 34.3 Å². The number of methoxy groups -OCH3 is 1. The predicted molar refractivity (Wildman–Crippen MR) is 205 cm³/mol. The molecule has 17 nitrogen and oxygen atoms in total. The maximum absolute atomic E-state index is 14.4. The number of benzene rings is 2. The number of carbonyl (C=O) groups is 5. The molecule has 2 aromatic carbocycles. The van der Waals surface area contributed by atoms with Gasteiger partial charge in [-0.05, 0) is 57.4 Å². The fourth-order valence-electron chi connectivity index (χ4n) is 6.67. The molecule has 19 heteroatoms. The van der Waals surface area contributed by atoms with Gasteiger partial charge in [-0.1, -0.05) is 30.3 Å². The van der Waals surface area contributed by atoms with Crippen LogP contribution in [0.4, 0.5) is 19.7 Å². The normalized spacial score (nSPS) is 21.1. The molecule has 0 radical (unpaired) electrons. The van der Waals surface area contributed by atoms with E-state index < -0.39 is 75.0 Å². The summed E-state index contributed by atoms with van der Waals surface area (Å²) in [5, 5.41) is 5.67. The number of rotatable bonds is 17. The molecule has 3 aliphatic rings. The SMILES string of the molecule is C=C[C@@H]1C[C@]1(NC(=O)[C@@H]1C[C@@H](OC(=O)N2Cc3cccc(F)c3C2)CN1C(=O)OC(C)(C)C)C(=O)NS(=O)(=O)c1ccccc1NCCOCCCOCC(=O)OC. The Morgan fingerprint density at radius 2 is 1.74 bits per heavy atom. The zero-order valence-electron chi connectivity index (χ0n) is 32.9. The van der Waals surface area contributed by atoms with E-state index in [9.17, 15) is 36.8 Å². The Kier molecular flexibility index (Phi) is 14.0. The molecular formula is C39H50FN5O12S. The van der Waals surface area contributed by atoms with Gasteiger partial charge in [-0.3, -0.25) is 19.4 Å². The molecule has 0 spiro atoms. The average Bonchev–Trinajstić information content (AvgIpc) is 3.45. The summed E-state index contributed by atoms with van der Waals surface area (Å²) in [4.78, 5) is 67.8. The van der Waals surface area contributed by atoms with Crippen LogP contribution in [-0.4, -0.2) is 118 Å². The molecule has 2 fully saturated rings. The molecule has 4 atom stereocenters. The lowest BCUT2D eigenvalue weighted by atomic mass is 10.1. The zero-order valence-corrected chi connectivity index (χ0v) is 33.7. The fourth-order valence-corrected chi connectivity index (χ4v) is 7.89. The topological polar surface area (TPSA) is 208 Å². The van der Waals surface area contributed by atoms with E-state index in [4.69, 9.17) is 18.9 Å². The summed E-state index contributed by atoms with van der Waals surface area (Å²) in [5.41, 5.74) is -1.45. The molecule has 0 bridgehead atoms. The highest BCUT2D eigenvalue weighted by Crippen LogP contribution is 2.45. The lowest BCUT2D eigenvalue weighted by molar-refractivity contribution is -0.146. The summed E-state index contributed by atoms with van der Waals surface area (Å²) in [7, 11) is -3.23. The minimum Gasteiger partial charge on any atom is -0.467 e. The van der Waals surface area contributed by atoms with Crippen LogP contribution in [0.2, 0.25) is 0 Å². The Bertz CT molecular complexity index is 1990. The van der Waals surface area contributed by atoms with Crippen LogP contribution in [0.5, 0.6) is 0 Å². The number of nitrogens with zero attached hydrogens (tertiary/aromatic N) is 2. The van der Waals surface area contributed by atoms with Gasteiger partial charge in [0.1, 0.15) is 40.6 Å². The molecule has 316 valence electrons. The van der Waals surface area contributed by atoms with Gasteiger partial charge in [-0.15, -0.1) is 6.58 Å². The molecule has 2 heterocycles. The average molecular weight is 832 g/mol. The van der Waals surface area contributed by atoms with Crippen molar-refractivity contribution in [1.82, 2.24) is 19.8 Å². The number of fused-ring (bicyclic) bond motifs is 1. The second-order valence-electron chi connectivity index (χ2n) is 15.1. The van der Waals surface area contributed by atoms with E-state index in [1.54, 1.807) is 39.0 Å². The van der Waals surface area contributed by atoms with Gasteiger partial charge in [0.25, 0.3) is 15.9 Å². The maximum Gasteiger partial charge on any atom is 0.411 e. The van der Waals surface area contributed by atoms with Crippen molar-refractivity contribution in [3.8, 4) is 0 Å². The van der Waals surface area contributed by atoms with Crippen molar-refractivity contribution in [2.24, 2.45) is 5.92 Å². The highest BCUT2D eigenvalue weighted by Gasteiger charge is 2.61. The van der Waals surface area contributed by atoms with E-state index in [0.29, 0.717) is 24.2 Å². The van der Waals surface area contributed by atoms with Crippen molar-refractivity contribution in [1.29, 1.82) is 0 Å². The first-order valence-corrected chi connectivity index (χ1v) is 20.2. The first kappa shape index (κ1) is 43.8. The number of anilines is 1. The van der Waals surface area contributed by atoms with Crippen LogP contribution in [-0.2, 0) is 61.2 Å². The smallest absolute Gasteiger partial charge is 0.411 e. The number of amides is 4. The summed E-state index contributed by atoms with van der Waals surface area (Å²) < 4.78 is 70.3. The number of ether oxygens (including phenoxy) is 5. The Balaban J connectivity index is 1.21. The van der Waals surface area contributed by atoms with Gasteiger partial charge >= 0.3 is 18.2 Å². The number of likely N-dealkylation sites (tertiary alicyclic amines) is 1. The third-order valence-electron chi connectivity index (χ3n) is 9.69. The number of sulfonamides is 1. The van der Waals surface area contributed by atoms with Gasteiger partial charge in [0.15, 0.2) is 0 Å². The van der Waals surface area contributed by atoms with Gasteiger partial charge in [-0.25, -0.2) is 31.9 Å². The maximum atomic E-state index is 14.4. The third kappa shape index (κ3) is 10.8. The number of nitrogens with one attached hydrogen (secondary N) is 3. The molecule has 1 saturated heterocycles.